The van der Waals surface area contributed by atoms with E-state index in [1.165, 1.54) is 193 Å². The molecule has 8 N–H and O–H groups in total. The van der Waals surface area contributed by atoms with E-state index < -0.39 is 74.2 Å². The second kappa shape index (κ2) is 44.3. The molecular formula is C54H107NO10. The Morgan fingerprint density at radius 3 is 1.14 bits per heavy atom. The second-order valence-corrected chi connectivity index (χ2v) is 20.0. The zero-order valence-electron chi connectivity index (χ0n) is 42.2. The average molecular weight is 930 g/mol. The fraction of sp³-hybridized carbons (Fsp3) is 0.981. The number of hydrogen-bond acceptors (Lipinski definition) is 10. The Kier molecular flexibility index (Phi) is 42.4. The maximum absolute atomic E-state index is 13.2. The third kappa shape index (κ3) is 33.3. The molecule has 1 fully saturated rings. The van der Waals surface area contributed by atoms with Gasteiger partial charge in [0, 0.05) is 0 Å². The Balaban J connectivity index is 2.31. The zero-order valence-corrected chi connectivity index (χ0v) is 42.2. The molecule has 388 valence electrons. The van der Waals surface area contributed by atoms with Crippen LogP contribution in [-0.4, -0.2) is 110 Å². The van der Waals surface area contributed by atoms with Gasteiger partial charge in [-0.25, -0.2) is 0 Å². The summed E-state index contributed by atoms with van der Waals surface area (Å²) in [4.78, 5) is 13.2. The molecule has 1 aliphatic heterocycles. The number of hydrogen-bond donors (Lipinski definition) is 8. The first-order valence-electron chi connectivity index (χ1n) is 27.9. The van der Waals surface area contributed by atoms with Gasteiger partial charge < -0.3 is 50.5 Å². The van der Waals surface area contributed by atoms with Crippen LogP contribution >= 0.6 is 0 Å². The van der Waals surface area contributed by atoms with Crippen molar-refractivity contribution in [2.45, 2.75) is 326 Å². The summed E-state index contributed by atoms with van der Waals surface area (Å²) in [7, 11) is 0. The van der Waals surface area contributed by atoms with Crippen molar-refractivity contribution in [3.05, 3.63) is 0 Å². The molecule has 0 spiro atoms. The van der Waals surface area contributed by atoms with Crippen molar-refractivity contribution >= 4 is 5.91 Å². The highest BCUT2D eigenvalue weighted by Gasteiger charge is 2.44. The van der Waals surface area contributed by atoms with Gasteiger partial charge in [-0.2, -0.15) is 0 Å². The predicted octanol–water partition coefficient (Wildman–Crippen LogP) is 11.0. The smallest absolute Gasteiger partial charge is 0.249 e. The SMILES string of the molecule is CCCCCCCCCCCCCCCCCCCCCCCCC(O)C(=O)NC(COC1OC(CO)C(O)C(O)C1O)C(O)C(O)CCCCCCCCCCCCCCCCCC. The molecule has 1 saturated heterocycles. The normalized spacial score (nSPS) is 20.8. The largest absolute Gasteiger partial charge is 0.394 e. The van der Waals surface area contributed by atoms with Crippen LogP contribution < -0.4 is 5.32 Å². The van der Waals surface area contributed by atoms with Gasteiger partial charge in [-0.1, -0.05) is 258 Å². The van der Waals surface area contributed by atoms with Gasteiger partial charge in [-0.15, -0.1) is 0 Å². The lowest BCUT2D eigenvalue weighted by molar-refractivity contribution is -0.303. The topological polar surface area (TPSA) is 189 Å². The summed E-state index contributed by atoms with van der Waals surface area (Å²) in [6.45, 7) is 3.49. The number of aliphatic hydroxyl groups excluding tert-OH is 7. The van der Waals surface area contributed by atoms with Gasteiger partial charge in [0.2, 0.25) is 5.91 Å². The van der Waals surface area contributed by atoms with Crippen molar-refractivity contribution in [2.24, 2.45) is 0 Å². The van der Waals surface area contributed by atoms with Crippen molar-refractivity contribution in [2.75, 3.05) is 13.2 Å². The molecule has 0 aromatic rings. The van der Waals surface area contributed by atoms with E-state index in [9.17, 15) is 40.5 Å². The number of carbonyl (C=O) groups excluding carboxylic acids is 1. The monoisotopic (exact) mass is 930 g/mol. The minimum atomic E-state index is -1.66. The van der Waals surface area contributed by atoms with Crippen LogP contribution in [0, 0.1) is 0 Å². The average Bonchev–Trinajstić information content (AvgIpc) is 3.31. The number of nitrogens with one attached hydrogen (secondary N) is 1. The van der Waals surface area contributed by atoms with Crippen molar-refractivity contribution in [3.8, 4) is 0 Å². The van der Waals surface area contributed by atoms with E-state index in [-0.39, 0.29) is 6.42 Å². The Hall–Kier alpha value is -0.890. The molecule has 1 heterocycles. The van der Waals surface area contributed by atoms with Crippen molar-refractivity contribution in [1.29, 1.82) is 0 Å². The first-order valence-corrected chi connectivity index (χ1v) is 27.9. The number of carbonyl (C=O) groups is 1. The molecule has 0 bridgehead atoms. The second-order valence-electron chi connectivity index (χ2n) is 20.0. The number of unbranched alkanes of at least 4 members (excludes halogenated alkanes) is 36. The highest BCUT2D eigenvalue weighted by atomic mass is 16.7. The Bertz CT molecular complexity index is 1020. The molecule has 0 aliphatic carbocycles. The number of rotatable bonds is 48. The Labute approximate surface area is 399 Å². The van der Waals surface area contributed by atoms with Gasteiger partial charge in [0.25, 0.3) is 0 Å². The van der Waals surface area contributed by atoms with Gasteiger partial charge in [0.15, 0.2) is 6.29 Å². The third-order valence-corrected chi connectivity index (χ3v) is 13.9. The first kappa shape index (κ1) is 62.1. The summed E-state index contributed by atoms with van der Waals surface area (Å²) < 4.78 is 11.1. The summed E-state index contributed by atoms with van der Waals surface area (Å²) in [6, 6.07) is -1.16. The molecule has 65 heavy (non-hydrogen) atoms. The Morgan fingerprint density at radius 2 is 0.800 bits per heavy atom. The van der Waals surface area contributed by atoms with E-state index in [0.29, 0.717) is 19.3 Å². The van der Waals surface area contributed by atoms with Crippen LogP contribution in [0.5, 0.6) is 0 Å². The van der Waals surface area contributed by atoms with Gasteiger partial charge in [0.1, 0.15) is 36.6 Å². The van der Waals surface area contributed by atoms with Crippen LogP contribution in [0.25, 0.3) is 0 Å². The van der Waals surface area contributed by atoms with Crippen molar-refractivity contribution < 1.29 is 50.0 Å². The molecular weight excluding hydrogens is 823 g/mol. The van der Waals surface area contributed by atoms with E-state index in [2.05, 4.69) is 19.2 Å². The molecule has 1 amide bonds. The summed E-state index contributed by atoms with van der Waals surface area (Å²) in [5.41, 5.74) is 0. The number of ether oxygens (including phenoxy) is 2. The molecule has 9 atom stereocenters. The van der Waals surface area contributed by atoms with Gasteiger partial charge >= 0.3 is 0 Å². The quantitative estimate of drug-likeness (QED) is 0.0273. The van der Waals surface area contributed by atoms with Crippen LogP contribution in [-0.2, 0) is 14.3 Å². The molecule has 0 radical (unpaired) electrons. The maximum atomic E-state index is 13.2. The molecule has 11 heteroatoms. The van der Waals surface area contributed by atoms with E-state index in [1.54, 1.807) is 0 Å². The van der Waals surface area contributed by atoms with Crippen LogP contribution in [0.1, 0.15) is 271 Å². The summed E-state index contributed by atoms with van der Waals surface area (Å²) in [5.74, 6) is -0.690. The first-order chi connectivity index (χ1) is 31.7. The minimum absolute atomic E-state index is 0.267. The lowest BCUT2D eigenvalue weighted by atomic mass is 9.98. The maximum Gasteiger partial charge on any atom is 0.249 e. The van der Waals surface area contributed by atoms with Crippen molar-refractivity contribution in [1.82, 2.24) is 5.32 Å². The highest BCUT2D eigenvalue weighted by Crippen LogP contribution is 2.23. The lowest BCUT2D eigenvalue weighted by Gasteiger charge is -2.40. The molecule has 0 aromatic carbocycles. The van der Waals surface area contributed by atoms with Gasteiger partial charge in [0.05, 0.1) is 25.4 Å². The molecule has 0 saturated carbocycles. The van der Waals surface area contributed by atoms with Crippen molar-refractivity contribution in [3.63, 3.8) is 0 Å². The van der Waals surface area contributed by atoms with Gasteiger partial charge in [-0.05, 0) is 12.8 Å². The zero-order chi connectivity index (χ0) is 47.6. The van der Waals surface area contributed by atoms with E-state index in [1.807, 2.05) is 0 Å². The van der Waals surface area contributed by atoms with Crippen LogP contribution in [0.4, 0.5) is 0 Å². The molecule has 1 rings (SSSR count). The molecule has 0 aromatic heterocycles. The van der Waals surface area contributed by atoms with Gasteiger partial charge in [-0.3, -0.25) is 4.79 Å². The summed E-state index contributed by atoms with van der Waals surface area (Å²) in [6.07, 6.45) is 37.2. The van der Waals surface area contributed by atoms with E-state index in [4.69, 9.17) is 9.47 Å². The minimum Gasteiger partial charge on any atom is -0.394 e. The van der Waals surface area contributed by atoms with Crippen LogP contribution in [0.3, 0.4) is 0 Å². The summed E-state index contributed by atoms with van der Waals surface area (Å²) >= 11 is 0. The molecule has 11 nitrogen and oxygen atoms in total. The lowest BCUT2D eigenvalue weighted by Crippen LogP contribution is -2.60. The van der Waals surface area contributed by atoms with Crippen LogP contribution in [0.15, 0.2) is 0 Å². The number of amides is 1. The standard InChI is InChI=1S/C54H107NO10/c1-3-5-7-9-11-13-15-17-19-21-22-23-24-25-26-28-30-32-34-36-38-40-42-47(58)53(63)55-45(44-64-54-52(62)51(61)50(60)48(43-56)65-54)49(59)46(57)41-39-37-35-33-31-29-27-20-18-16-14-12-10-8-6-4-2/h45-52,54,56-62H,3-44H2,1-2H3,(H,55,63). The Morgan fingerprint density at radius 1 is 0.477 bits per heavy atom. The fourth-order valence-corrected chi connectivity index (χ4v) is 9.33. The van der Waals surface area contributed by atoms with E-state index in [0.717, 1.165) is 38.5 Å². The predicted molar refractivity (Wildman–Crippen MR) is 266 cm³/mol. The fourth-order valence-electron chi connectivity index (χ4n) is 9.33. The third-order valence-electron chi connectivity index (χ3n) is 13.9. The summed E-state index contributed by atoms with van der Waals surface area (Å²) in [5, 5.41) is 76.0. The van der Waals surface area contributed by atoms with Crippen LogP contribution in [0.2, 0.25) is 0 Å². The number of aliphatic hydroxyl groups is 7. The molecule has 1 aliphatic rings. The van der Waals surface area contributed by atoms with E-state index >= 15 is 0 Å². The molecule has 9 unspecified atom stereocenters. The highest BCUT2D eigenvalue weighted by molar-refractivity contribution is 5.80.